The molecule has 0 spiro atoms. The molecule has 1 aromatic heterocycles. The number of halogens is 1. The third kappa shape index (κ3) is 3.31. The zero-order valence-electron chi connectivity index (χ0n) is 10.7. The Bertz CT molecular complexity index is 414. The van der Waals surface area contributed by atoms with Crippen molar-refractivity contribution in [1.29, 1.82) is 0 Å². The summed E-state index contributed by atoms with van der Waals surface area (Å²) in [6, 6.07) is 3.96. The lowest BCUT2D eigenvalue weighted by molar-refractivity contribution is 0.0717. The first-order valence-electron chi connectivity index (χ1n) is 6.57. The Morgan fingerprint density at radius 1 is 1.33 bits per heavy atom. The van der Waals surface area contributed by atoms with Gasteiger partial charge in [-0.3, -0.25) is 4.79 Å². The highest BCUT2D eigenvalue weighted by molar-refractivity contribution is 9.10. The number of nitrogens with zero attached hydrogens (tertiary/aromatic N) is 2. The molecular weight excluding hydrogens is 292 g/mol. The predicted molar refractivity (Wildman–Crippen MR) is 75.5 cm³/mol. The van der Waals surface area contributed by atoms with Crippen LogP contribution in [-0.4, -0.2) is 28.9 Å². The fraction of sp³-hybridized carbons (Fsp3) is 0.571. The Labute approximate surface area is 117 Å². The lowest BCUT2D eigenvalue weighted by Gasteiger charge is -2.27. The van der Waals surface area contributed by atoms with Gasteiger partial charge in [0.05, 0.1) is 0 Å². The number of amides is 1. The maximum atomic E-state index is 12.4. The highest BCUT2D eigenvalue weighted by Crippen LogP contribution is 2.22. The Morgan fingerprint density at radius 3 is 2.61 bits per heavy atom. The van der Waals surface area contributed by atoms with E-state index in [1.54, 1.807) is 18.3 Å². The van der Waals surface area contributed by atoms with Crippen LogP contribution in [0.15, 0.2) is 22.9 Å². The fourth-order valence-electron chi connectivity index (χ4n) is 2.55. The minimum Gasteiger partial charge on any atom is -0.339 e. The van der Waals surface area contributed by atoms with E-state index in [4.69, 9.17) is 0 Å². The normalized spacial score (nSPS) is 17.2. The van der Waals surface area contributed by atoms with E-state index in [0.29, 0.717) is 16.2 Å². The van der Waals surface area contributed by atoms with Crippen molar-refractivity contribution >= 4 is 21.8 Å². The summed E-state index contributed by atoms with van der Waals surface area (Å²) >= 11 is 3.31. The third-order valence-corrected chi connectivity index (χ3v) is 4.10. The Balaban J connectivity index is 2.07. The van der Waals surface area contributed by atoms with Gasteiger partial charge in [0.1, 0.15) is 4.60 Å². The summed E-state index contributed by atoms with van der Waals surface area (Å²) in [6.07, 6.45) is 9.02. The first-order chi connectivity index (χ1) is 8.68. The van der Waals surface area contributed by atoms with Crippen LogP contribution in [0.5, 0.6) is 0 Å². The van der Waals surface area contributed by atoms with E-state index in [2.05, 4.69) is 20.9 Å². The van der Waals surface area contributed by atoms with Gasteiger partial charge in [0.15, 0.2) is 0 Å². The molecule has 4 heteroatoms. The quantitative estimate of drug-likeness (QED) is 0.617. The van der Waals surface area contributed by atoms with Crippen LogP contribution >= 0.6 is 15.9 Å². The van der Waals surface area contributed by atoms with Gasteiger partial charge in [0.2, 0.25) is 0 Å². The van der Waals surface area contributed by atoms with Gasteiger partial charge in [0.25, 0.3) is 5.91 Å². The van der Waals surface area contributed by atoms with Crippen molar-refractivity contribution in [2.24, 2.45) is 0 Å². The topological polar surface area (TPSA) is 33.2 Å². The number of aromatic nitrogens is 1. The second-order valence-corrected chi connectivity index (χ2v) is 5.74. The molecule has 1 heterocycles. The Hall–Kier alpha value is -0.900. The molecular formula is C14H19BrN2O. The third-order valence-electron chi connectivity index (χ3n) is 3.67. The number of rotatable bonds is 2. The van der Waals surface area contributed by atoms with Gasteiger partial charge in [-0.05, 0) is 40.9 Å². The molecule has 0 radical (unpaired) electrons. The molecule has 2 rings (SSSR count). The standard InChI is InChI=1S/C14H19BrN2O/c1-17(12-6-4-2-3-5-7-12)14(18)11-8-9-16-13(15)10-11/h8-10,12H,2-7H2,1H3. The SMILES string of the molecule is CN(C(=O)c1ccnc(Br)c1)C1CCCCCC1. The van der Waals surface area contributed by atoms with E-state index < -0.39 is 0 Å². The van der Waals surface area contributed by atoms with E-state index >= 15 is 0 Å². The van der Waals surface area contributed by atoms with Crippen LogP contribution in [0.3, 0.4) is 0 Å². The zero-order valence-corrected chi connectivity index (χ0v) is 12.3. The van der Waals surface area contributed by atoms with Gasteiger partial charge in [0, 0.05) is 24.8 Å². The average Bonchev–Trinajstić information content (AvgIpc) is 2.66. The van der Waals surface area contributed by atoms with Gasteiger partial charge >= 0.3 is 0 Å². The summed E-state index contributed by atoms with van der Waals surface area (Å²) in [5.74, 6) is 0.102. The summed E-state index contributed by atoms with van der Waals surface area (Å²) < 4.78 is 0.711. The molecule has 1 aromatic rings. The number of pyridine rings is 1. The molecule has 1 fully saturated rings. The molecule has 0 bridgehead atoms. The molecule has 0 aliphatic heterocycles. The number of hydrogen-bond acceptors (Lipinski definition) is 2. The molecule has 0 unspecified atom stereocenters. The molecule has 1 aliphatic rings. The maximum absolute atomic E-state index is 12.4. The number of carbonyl (C=O) groups is 1. The highest BCUT2D eigenvalue weighted by Gasteiger charge is 2.22. The van der Waals surface area contributed by atoms with Crippen LogP contribution in [0.25, 0.3) is 0 Å². The lowest BCUT2D eigenvalue weighted by Crippen LogP contribution is -2.36. The summed E-state index contributed by atoms with van der Waals surface area (Å²) in [6.45, 7) is 0. The summed E-state index contributed by atoms with van der Waals surface area (Å²) in [5, 5.41) is 0. The van der Waals surface area contributed by atoms with Crippen molar-refractivity contribution in [1.82, 2.24) is 9.88 Å². The van der Waals surface area contributed by atoms with Crippen molar-refractivity contribution in [3.8, 4) is 0 Å². The monoisotopic (exact) mass is 310 g/mol. The van der Waals surface area contributed by atoms with Crippen LogP contribution in [-0.2, 0) is 0 Å². The molecule has 0 saturated heterocycles. The van der Waals surface area contributed by atoms with Crippen LogP contribution in [0.4, 0.5) is 0 Å². The zero-order chi connectivity index (χ0) is 13.0. The van der Waals surface area contributed by atoms with Crippen LogP contribution in [0.2, 0.25) is 0 Å². The molecule has 0 aromatic carbocycles. The molecule has 1 saturated carbocycles. The van der Waals surface area contributed by atoms with Crippen molar-refractivity contribution in [2.75, 3.05) is 7.05 Å². The maximum Gasteiger partial charge on any atom is 0.253 e. The summed E-state index contributed by atoms with van der Waals surface area (Å²) in [4.78, 5) is 18.4. The first-order valence-corrected chi connectivity index (χ1v) is 7.36. The van der Waals surface area contributed by atoms with E-state index in [-0.39, 0.29) is 5.91 Å². The van der Waals surface area contributed by atoms with Crippen LogP contribution < -0.4 is 0 Å². The van der Waals surface area contributed by atoms with Crippen molar-refractivity contribution in [3.05, 3.63) is 28.5 Å². The molecule has 98 valence electrons. The lowest BCUT2D eigenvalue weighted by atomic mass is 10.1. The van der Waals surface area contributed by atoms with Crippen LogP contribution in [0, 0.1) is 0 Å². The van der Waals surface area contributed by atoms with Gasteiger partial charge in [-0.1, -0.05) is 25.7 Å². The van der Waals surface area contributed by atoms with Crippen molar-refractivity contribution < 1.29 is 4.79 Å². The smallest absolute Gasteiger partial charge is 0.253 e. The Kier molecular flexibility index (Phi) is 4.75. The first kappa shape index (κ1) is 13.5. The minimum atomic E-state index is 0.102. The van der Waals surface area contributed by atoms with Gasteiger partial charge in [-0.2, -0.15) is 0 Å². The van der Waals surface area contributed by atoms with Crippen molar-refractivity contribution in [3.63, 3.8) is 0 Å². The second-order valence-electron chi connectivity index (χ2n) is 4.93. The summed E-state index contributed by atoms with van der Waals surface area (Å²) in [7, 11) is 1.92. The Morgan fingerprint density at radius 2 is 2.00 bits per heavy atom. The molecule has 0 atom stereocenters. The van der Waals surface area contributed by atoms with E-state index in [0.717, 1.165) is 12.8 Å². The molecule has 0 N–H and O–H groups in total. The minimum absolute atomic E-state index is 0.102. The summed E-state index contributed by atoms with van der Waals surface area (Å²) in [5.41, 5.74) is 0.712. The largest absolute Gasteiger partial charge is 0.339 e. The molecule has 18 heavy (non-hydrogen) atoms. The van der Waals surface area contributed by atoms with Gasteiger partial charge < -0.3 is 4.90 Å². The van der Waals surface area contributed by atoms with E-state index in [1.807, 2.05) is 11.9 Å². The predicted octanol–water partition coefficient (Wildman–Crippen LogP) is 3.64. The molecule has 3 nitrogen and oxygen atoms in total. The average molecular weight is 311 g/mol. The molecule has 1 aliphatic carbocycles. The van der Waals surface area contributed by atoms with E-state index in [1.165, 1.54) is 25.7 Å². The molecule has 1 amide bonds. The van der Waals surface area contributed by atoms with Gasteiger partial charge in [-0.15, -0.1) is 0 Å². The highest BCUT2D eigenvalue weighted by atomic mass is 79.9. The fourth-order valence-corrected chi connectivity index (χ4v) is 2.91. The van der Waals surface area contributed by atoms with Crippen molar-refractivity contribution in [2.45, 2.75) is 44.6 Å². The number of hydrogen-bond donors (Lipinski definition) is 0. The second kappa shape index (κ2) is 6.32. The van der Waals surface area contributed by atoms with E-state index in [9.17, 15) is 4.79 Å². The van der Waals surface area contributed by atoms with Gasteiger partial charge in [-0.25, -0.2) is 4.98 Å². The number of carbonyl (C=O) groups excluding carboxylic acids is 1. The van der Waals surface area contributed by atoms with Crippen LogP contribution in [0.1, 0.15) is 48.9 Å².